The Labute approximate surface area is 201 Å². The average molecular weight is 466 g/mol. The Balaban J connectivity index is 1.39. The van der Waals surface area contributed by atoms with Gasteiger partial charge in [0.25, 0.3) is 11.8 Å². The number of carbonyl (C=O) groups is 2. The average Bonchev–Trinajstić information content (AvgIpc) is 3.62. The number of hydrogen-bond donors (Lipinski definition) is 1. The van der Waals surface area contributed by atoms with Crippen LogP contribution in [-0.4, -0.2) is 24.9 Å². The predicted octanol–water partition coefficient (Wildman–Crippen LogP) is 5.90. The zero-order valence-electron chi connectivity index (χ0n) is 18.5. The van der Waals surface area contributed by atoms with Crippen molar-refractivity contribution in [2.45, 2.75) is 12.8 Å². The van der Waals surface area contributed by atoms with Crippen LogP contribution in [-0.2, 0) is 9.59 Å². The van der Waals surface area contributed by atoms with Crippen LogP contribution in [0.15, 0.2) is 89.9 Å². The molecule has 0 atom stereocenters. The molecule has 0 spiro atoms. The van der Waals surface area contributed by atoms with E-state index in [1.807, 2.05) is 84.2 Å². The van der Waals surface area contributed by atoms with Gasteiger partial charge in [-0.05, 0) is 60.0 Å². The standard InChI is InChI=1S/C28H23N3O2S/c32-27-25(24-11-6-18-34-24)26(29-23-10-5-8-19-7-1-2-9-22(19)23)28(33)31(27)21-14-12-20(13-15-21)30-16-3-4-17-30/h1-2,5-15,18,29H,3-4,16-17H2. The minimum Gasteiger partial charge on any atom is -0.372 e. The fraction of sp³-hybridized carbons (Fsp3) is 0.143. The highest BCUT2D eigenvalue weighted by Gasteiger charge is 2.40. The summed E-state index contributed by atoms with van der Waals surface area (Å²) in [6.07, 6.45) is 2.39. The van der Waals surface area contributed by atoms with E-state index in [2.05, 4.69) is 10.2 Å². The lowest BCUT2D eigenvalue weighted by Crippen LogP contribution is -2.32. The van der Waals surface area contributed by atoms with Gasteiger partial charge in [0.1, 0.15) is 5.70 Å². The maximum absolute atomic E-state index is 13.7. The molecule has 2 amide bonds. The molecular formula is C28H23N3O2S. The minimum absolute atomic E-state index is 0.302. The molecule has 0 unspecified atom stereocenters. The maximum Gasteiger partial charge on any atom is 0.282 e. The van der Waals surface area contributed by atoms with E-state index in [0.717, 1.165) is 40.1 Å². The smallest absolute Gasteiger partial charge is 0.282 e. The van der Waals surface area contributed by atoms with Crippen molar-refractivity contribution in [3.8, 4) is 0 Å². The third-order valence-corrected chi connectivity index (χ3v) is 7.37. The highest BCUT2D eigenvalue weighted by Crippen LogP contribution is 2.37. The number of nitrogens with one attached hydrogen (secondary N) is 1. The lowest BCUT2D eigenvalue weighted by molar-refractivity contribution is -0.120. The van der Waals surface area contributed by atoms with Gasteiger partial charge in [-0.1, -0.05) is 42.5 Å². The molecule has 1 fully saturated rings. The van der Waals surface area contributed by atoms with Crippen molar-refractivity contribution in [3.63, 3.8) is 0 Å². The molecule has 0 aliphatic carbocycles. The van der Waals surface area contributed by atoms with Gasteiger partial charge < -0.3 is 10.2 Å². The Kier molecular flexibility index (Phi) is 5.15. The minimum atomic E-state index is -0.338. The largest absolute Gasteiger partial charge is 0.372 e. The number of benzene rings is 3. The Morgan fingerprint density at radius 3 is 2.24 bits per heavy atom. The van der Waals surface area contributed by atoms with Gasteiger partial charge in [-0.2, -0.15) is 0 Å². The van der Waals surface area contributed by atoms with E-state index in [0.29, 0.717) is 17.0 Å². The molecule has 0 radical (unpaired) electrons. The third kappa shape index (κ3) is 3.47. The third-order valence-electron chi connectivity index (χ3n) is 6.48. The fourth-order valence-corrected chi connectivity index (χ4v) is 5.55. The topological polar surface area (TPSA) is 52.7 Å². The highest BCUT2D eigenvalue weighted by atomic mass is 32.1. The van der Waals surface area contributed by atoms with Crippen LogP contribution in [0.2, 0.25) is 0 Å². The quantitative estimate of drug-likeness (QED) is 0.373. The lowest BCUT2D eigenvalue weighted by Gasteiger charge is -2.20. The number of carbonyl (C=O) groups excluding carboxylic acids is 2. The first-order chi connectivity index (χ1) is 16.7. The number of imide groups is 1. The molecule has 168 valence electrons. The van der Waals surface area contributed by atoms with Crippen LogP contribution in [0.5, 0.6) is 0 Å². The molecule has 2 aliphatic rings. The van der Waals surface area contributed by atoms with E-state index < -0.39 is 0 Å². The number of fused-ring (bicyclic) bond motifs is 1. The molecule has 2 aliphatic heterocycles. The number of hydrogen-bond acceptors (Lipinski definition) is 5. The van der Waals surface area contributed by atoms with Crippen molar-refractivity contribution < 1.29 is 9.59 Å². The van der Waals surface area contributed by atoms with Crippen LogP contribution in [0, 0.1) is 0 Å². The van der Waals surface area contributed by atoms with Crippen molar-refractivity contribution in [3.05, 3.63) is 94.8 Å². The fourth-order valence-electron chi connectivity index (χ4n) is 4.79. The molecule has 1 aromatic heterocycles. The molecule has 1 N–H and O–H groups in total. The summed E-state index contributed by atoms with van der Waals surface area (Å²) in [4.78, 5) is 31.7. The van der Waals surface area contributed by atoms with Gasteiger partial charge in [-0.3, -0.25) is 9.59 Å². The molecule has 3 heterocycles. The van der Waals surface area contributed by atoms with Crippen molar-refractivity contribution in [1.82, 2.24) is 0 Å². The summed E-state index contributed by atoms with van der Waals surface area (Å²) in [5.41, 5.74) is 3.24. The van der Waals surface area contributed by atoms with Crippen LogP contribution in [0.3, 0.4) is 0 Å². The molecule has 3 aromatic carbocycles. The first-order valence-electron chi connectivity index (χ1n) is 11.5. The second-order valence-corrected chi connectivity index (χ2v) is 9.48. The predicted molar refractivity (Wildman–Crippen MR) is 139 cm³/mol. The van der Waals surface area contributed by atoms with Gasteiger partial charge in [0, 0.05) is 34.7 Å². The van der Waals surface area contributed by atoms with Gasteiger partial charge in [-0.15, -0.1) is 11.3 Å². The van der Waals surface area contributed by atoms with E-state index in [1.165, 1.54) is 29.1 Å². The summed E-state index contributed by atoms with van der Waals surface area (Å²) in [6.45, 7) is 2.09. The molecule has 1 saturated heterocycles. The zero-order valence-corrected chi connectivity index (χ0v) is 19.3. The van der Waals surface area contributed by atoms with Crippen molar-refractivity contribution in [2.75, 3.05) is 28.2 Å². The molecule has 0 saturated carbocycles. The van der Waals surface area contributed by atoms with Crippen LogP contribution in [0.4, 0.5) is 17.1 Å². The molecular weight excluding hydrogens is 442 g/mol. The SMILES string of the molecule is O=C1C(Nc2cccc3ccccc23)=C(c2cccs2)C(=O)N1c1ccc(N2CCCC2)cc1. The van der Waals surface area contributed by atoms with Crippen LogP contribution >= 0.6 is 11.3 Å². The monoisotopic (exact) mass is 465 g/mol. The normalized spacial score (nSPS) is 16.2. The summed E-state index contributed by atoms with van der Waals surface area (Å²) in [5, 5.41) is 7.31. The Morgan fingerprint density at radius 2 is 1.47 bits per heavy atom. The van der Waals surface area contributed by atoms with Gasteiger partial charge in [0.2, 0.25) is 0 Å². The summed E-state index contributed by atoms with van der Waals surface area (Å²) >= 11 is 1.46. The number of nitrogens with zero attached hydrogens (tertiary/aromatic N) is 2. The summed E-state index contributed by atoms with van der Waals surface area (Å²) in [7, 11) is 0. The van der Waals surface area contributed by atoms with Gasteiger partial charge in [0.15, 0.2) is 0 Å². The molecule has 4 aromatic rings. The Morgan fingerprint density at radius 1 is 0.735 bits per heavy atom. The van der Waals surface area contributed by atoms with E-state index in [1.54, 1.807) is 0 Å². The Bertz CT molecular complexity index is 1410. The summed E-state index contributed by atoms with van der Waals surface area (Å²) in [6, 6.07) is 25.5. The first kappa shape index (κ1) is 20.7. The summed E-state index contributed by atoms with van der Waals surface area (Å²) < 4.78 is 0. The van der Waals surface area contributed by atoms with Crippen molar-refractivity contribution in [2.24, 2.45) is 0 Å². The number of amides is 2. The number of rotatable bonds is 5. The van der Waals surface area contributed by atoms with E-state index >= 15 is 0 Å². The van der Waals surface area contributed by atoms with Gasteiger partial charge in [0.05, 0.1) is 11.3 Å². The van der Waals surface area contributed by atoms with Crippen LogP contribution in [0.25, 0.3) is 16.3 Å². The molecule has 6 rings (SSSR count). The van der Waals surface area contributed by atoms with Crippen molar-refractivity contribution >= 4 is 56.6 Å². The molecule has 34 heavy (non-hydrogen) atoms. The van der Waals surface area contributed by atoms with Gasteiger partial charge >= 0.3 is 0 Å². The van der Waals surface area contributed by atoms with E-state index in [-0.39, 0.29) is 11.8 Å². The highest BCUT2D eigenvalue weighted by molar-refractivity contribution is 7.11. The van der Waals surface area contributed by atoms with E-state index in [4.69, 9.17) is 0 Å². The van der Waals surface area contributed by atoms with E-state index in [9.17, 15) is 9.59 Å². The van der Waals surface area contributed by atoms with Crippen molar-refractivity contribution in [1.29, 1.82) is 0 Å². The lowest BCUT2D eigenvalue weighted by atomic mass is 10.1. The molecule has 6 heteroatoms. The van der Waals surface area contributed by atoms with Gasteiger partial charge in [-0.25, -0.2) is 4.90 Å². The Hall–Kier alpha value is -3.90. The second kappa shape index (κ2) is 8.47. The van der Waals surface area contributed by atoms with Crippen LogP contribution < -0.4 is 15.1 Å². The first-order valence-corrected chi connectivity index (χ1v) is 12.4. The number of anilines is 3. The molecule has 0 bridgehead atoms. The zero-order chi connectivity index (χ0) is 23.1. The number of thiophene rings is 1. The second-order valence-electron chi connectivity index (χ2n) is 8.54. The van der Waals surface area contributed by atoms with Crippen LogP contribution in [0.1, 0.15) is 17.7 Å². The summed E-state index contributed by atoms with van der Waals surface area (Å²) in [5.74, 6) is -0.639. The molecule has 5 nitrogen and oxygen atoms in total. The maximum atomic E-state index is 13.7.